The van der Waals surface area contributed by atoms with Crippen LogP contribution >= 0.6 is 11.6 Å². The van der Waals surface area contributed by atoms with Crippen molar-refractivity contribution in [2.75, 3.05) is 32.2 Å². The zero-order chi connectivity index (χ0) is 11.4. The largest absolute Gasteiger partial charge is 0.378 e. The van der Waals surface area contributed by atoms with Gasteiger partial charge in [0.2, 0.25) is 5.95 Å². The third-order valence-corrected chi connectivity index (χ3v) is 2.88. The highest BCUT2D eigenvalue weighted by Crippen LogP contribution is 2.22. The molecule has 0 saturated carbocycles. The zero-order valence-corrected chi connectivity index (χ0v) is 9.83. The Kier molecular flexibility index (Phi) is 3.58. The normalized spacial score (nSPS) is 24.6. The van der Waals surface area contributed by atoms with Crippen molar-refractivity contribution in [1.29, 1.82) is 0 Å². The van der Waals surface area contributed by atoms with Gasteiger partial charge in [-0.1, -0.05) is 11.6 Å². The minimum atomic E-state index is -0.261. The van der Waals surface area contributed by atoms with Gasteiger partial charge in [-0.3, -0.25) is 0 Å². The summed E-state index contributed by atoms with van der Waals surface area (Å²) >= 11 is 5.70. The molecule has 2 heterocycles. The van der Waals surface area contributed by atoms with Crippen molar-refractivity contribution in [2.45, 2.75) is 12.0 Å². The molecule has 0 bridgehead atoms. The maximum Gasteiger partial charge on any atom is 0.222 e. The molecular formula is C10H14ClN3O2. The van der Waals surface area contributed by atoms with Crippen molar-refractivity contribution in [3.8, 4) is 0 Å². The average molecular weight is 244 g/mol. The predicted molar refractivity (Wildman–Crippen MR) is 60.7 cm³/mol. The van der Waals surface area contributed by atoms with E-state index in [1.165, 1.54) is 0 Å². The molecule has 0 aliphatic carbocycles. The maximum atomic E-state index is 5.70. The monoisotopic (exact) mass is 243 g/mol. The number of rotatable bonds is 4. The fourth-order valence-corrected chi connectivity index (χ4v) is 1.70. The van der Waals surface area contributed by atoms with Gasteiger partial charge in [0, 0.05) is 26.7 Å². The number of methoxy groups -OCH3 is 1. The van der Waals surface area contributed by atoms with E-state index in [4.69, 9.17) is 21.1 Å². The Labute approximate surface area is 99.1 Å². The van der Waals surface area contributed by atoms with Crippen molar-refractivity contribution in [3.63, 3.8) is 0 Å². The lowest BCUT2D eigenvalue weighted by Gasteiger charge is -2.25. The van der Waals surface area contributed by atoms with Gasteiger partial charge < -0.3 is 14.8 Å². The lowest BCUT2D eigenvalue weighted by Crippen LogP contribution is -2.39. The Bertz CT molecular complexity index is 338. The number of hydrogen-bond donors (Lipinski definition) is 1. The molecule has 2 rings (SSSR count). The highest BCUT2D eigenvalue weighted by Gasteiger charge is 2.34. The molecule has 5 nitrogen and oxygen atoms in total. The summed E-state index contributed by atoms with van der Waals surface area (Å²) in [5.74, 6) is 0.549. The Morgan fingerprint density at radius 2 is 2.31 bits per heavy atom. The molecule has 0 spiro atoms. The topological polar surface area (TPSA) is 56.3 Å². The number of halogens is 1. The molecule has 88 valence electrons. The van der Waals surface area contributed by atoms with E-state index in [0.29, 0.717) is 24.1 Å². The van der Waals surface area contributed by atoms with Crippen LogP contribution in [0.5, 0.6) is 0 Å². The number of aromatic nitrogens is 2. The van der Waals surface area contributed by atoms with Crippen LogP contribution in [0.2, 0.25) is 5.02 Å². The Balaban J connectivity index is 1.93. The number of nitrogens with one attached hydrogen (secondary N) is 1. The van der Waals surface area contributed by atoms with Gasteiger partial charge in [-0.2, -0.15) is 0 Å². The Hall–Kier alpha value is -0.910. The highest BCUT2D eigenvalue weighted by atomic mass is 35.5. The summed E-state index contributed by atoms with van der Waals surface area (Å²) in [6, 6.07) is 0. The van der Waals surface area contributed by atoms with E-state index in [9.17, 15) is 0 Å². The number of hydrogen-bond acceptors (Lipinski definition) is 5. The molecular weight excluding hydrogens is 230 g/mol. The molecule has 1 fully saturated rings. The summed E-state index contributed by atoms with van der Waals surface area (Å²) in [5, 5.41) is 3.64. The SMILES string of the molecule is COC1(CNc2ncc(Cl)cn2)CCOC1. The van der Waals surface area contributed by atoms with Crippen molar-refractivity contribution < 1.29 is 9.47 Å². The lowest BCUT2D eigenvalue weighted by atomic mass is 10.0. The van der Waals surface area contributed by atoms with Crippen LogP contribution in [0.3, 0.4) is 0 Å². The van der Waals surface area contributed by atoms with Gasteiger partial charge in [0.15, 0.2) is 0 Å². The summed E-state index contributed by atoms with van der Waals surface area (Å²) in [6.45, 7) is 1.96. The molecule has 1 aromatic rings. The van der Waals surface area contributed by atoms with Gasteiger partial charge >= 0.3 is 0 Å². The minimum absolute atomic E-state index is 0.261. The van der Waals surface area contributed by atoms with Crippen LogP contribution in [0.4, 0.5) is 5.95 Å². The second-order valence-electron chi connectivity index (χ2n) is 3.77. The minimum Gasteiger partial charge on any atom is -0.378 e. The van der Waals surface area contributed by atoms with Crippen LogP contribution in [0.25, 0.3) is 0 Å². The zero-order valence-electron chi connectivity index (χ0n) is 9.07. The number of anilines is 1. The molecule has 1 unspecified atom stereocenters. The first-order valence-corrected chi connectivity index (χ1v) is 5.46. The van der Waals surface area contributed by atoms with Crippen LogP contribution in [-0.2, 0) is 9.47 Å². The number of ether oxygens (including phenoxy) is 2. The van der Waals surface area contributed by atoms with Crippen LogP contribution in [0.1, 0.15) is 6.42 Å². The predicted octanol–water partition coefficient (Wildman–Crippen LogP) is 1.35. The Morgan fingerprint density at radius 3 is 2.88 bits per heavy atom. The molecule has 0 amide bonds. The third-order valence-electron chi connectivity index (χ3n) is 2.69. The molecule has 1 saturated heterocycles. The van der Waals surface area contributed by atoms with Crippen LogP contribution < -0.4 is 5.32 Å². The summed E-state index contributed by atoms with van der Waals surface area (Å²) in [5.41, 5.74) is -0.261. The van der Waals surface area contributed by atoms with E-state index in [0.717, 1.165) is 13.0 Å². The summed E-state index contributed by atoms with van der Waals surface area (Å²) in [6.07, 6.45) is 3.99. The van der Waals surface area contributed by atoms with Crippen LogP contribution in [0.15, 0.2) is 12.4 Å². The lowest BCUT2D eigenvalue weighted by molar-refractivity contribution is -0.00631. The molecule has 0 radical (unpaired) electrons. The first-order chi connectivity index (χ1) is 7.74. The molecule has 1 aliphatic heterocycles. The smallest absolute Gasteiger partial charge is 0.222 e. The summed E-state index contributed by atoms with van der Waals surface area (Å²) < 4.78 is 10.8. The second-order valence-corrected chi connectivity index (χ2v) is 4.20. The second kappa shape index (κ2) is 4.95. The van der Waals surface area contributed by atoms with Crippen molar-refractivity contribution >= 4 is 17.5 Å². The molecule has 1 aliphatic rings. The number of nitrogens with zero attached hydrogens (tertiary/aromatic N) is 2. The Morgan fingerprint density at radius 1 is 1.56 bits per heavy atom. The standard InChI is InChI=1S/C10H14ClN3O2/c1-15-10(2-3-16-7-10)6-14-9-12-4-8(11)5-13-9/h4-5H,2-3,6-7H2,1H3,(H,12,13,14). The molecule has 1 N–H and O–H groups in total. The van der Waals surface area contributed by atoms with Gasteiger partial charge in [-0.15, -0.1) is 0 Å². The summed E-state index contributed by atoms with van der Waals surface area (Å²) in [7, 11) is 1.69. The highest BCUT2D eigenvalue weighted by molar-refractivity contribution is 6.30. The van der Waals surface area contributed by atoms with Gasteiger partial charge in [0.1, 0.15) is 5.60 Å². The fraction of sp³-hybridized carbons (Fsp3) is 0.600. The first-order valence-electron chi connectivity index (χ1n) is 5.08. The van der Waals surface area contributed by atoms with Crippen LogP contribution in [0, 0.1) is 0 Å². The molecule has 1 aromatic heterocycles. The van der Waals surface area contributed by atoms with Gasteiger partial charge in [0.05, 0.1) is 24.0 Å². The average Bonchev–Trinajstić information content (AvgIpc) is 2.78. The van der Waals surface area contributed by atoms with Gasteiger partial charge in [0.25, 0.3) is 0 Å². The van der Waals surface area contributed by atoms with Crippen LogP contribution in [-0.4, -0.2) is 42.4 Å². The van der Waals surface area contributed by atoms with Crippen molar-refractivity contribution in [1.82, 2.24) is 9.97 Å². The molecule has 0 aromatic carbocycles. The molecule has 16 heavy (non-hydrogen) atoms. The van der Waals surface area contributed by atoms with E-state index < -0.39 is 0 Å². The van der Waals surface area contributed by atoms with Gasteiger partial charge in [-0.25, -0.2) is 9.97 Å². The van der Waals surface area contributed by atoms with E-state index in [2.05, 4.69) is 15.3 Å². The quantitative estimate of drug-likeness (QED) is 0.865. The van der Waals surface area contributed by atoms with E-state index >= 15 is 0 Å². The first kappa shape index (κ1) is 11.6. The fourth-order valence-electron chi connectivity index (χ4n) is 1.60. The van der Waals surface area contributed by atoms with E-state index in [-0.39, 0.29) is 5.60 Å². The molecule has 1 atom stereocenters. The molecule has 6 heteroatoms. The van der Waals surface area contributed by atoms with Gasteiger partial charge in [-0.05, 0) is 0 Å². The van der Waals surface area contributed by atoms with Crippen molar-refractivity contribution in [3.05, 3.63) is 17.4 Å². The summed E-state index contributed by atoms with van der Waals surface area (Å²) in [4.78, 5) is 8.11. The van der Waals surface area contributed by atoms with E-state index in [1.54, 1.807) is 19.5 Å². The maximum absolute atomic E-state index is 5.70. The van der Waals surface area contributed by atoms with E-state index in [1.807, 2.05) is 0 Å². The third kappa shape index (κ3) is 2.61. The van der Waals surface area contributed by atoms with Crippen molar-refractivity contribution in [2.24, 2.45) is 0 Å².